The van der Waals surface area contributed by atoms with E-state index >= 15 is 0 Å². The SMILES string of the molecule is COc1ccc(C2=CNCC=C2)cc1. The summed E-state index contributed by atoms with van der Waals surface area (Å²) in [7, 11) is 1.68. The lowest BCUT2D eigenvalue weighted by molar-refractivity contribution is 0.415. The number of hydrogen-bond acceptors (Lipinski definition) is 2. The summed E-state index contributed by atoms with van der Waals surface area (Å²) in [6.07, 6.45) is 6.26. The Labute approximate surface area is 83.9 Å². The van der Waals surface area contributed by atoms with Crippen molar-refractivity contribution in [3.8, 4) is 5.75 Å². The zero-order valence-electron chi connectivity index (χ0n) is 8.16. The molecule has 1 aromatic carbocycles. The first-order valence-corrected chi connectivity index (χ1v) is 4.64. The van der Waals surface area contributed by atoms with Crippen molar-refractivity contribution >= 4 is 5.57 Å². The highest BCUT2D eigenvalue weighted by Gasteiger charge is 2.00. The zero-order valence-corrected chi connectivity index (χ0v) is 8.16. The molecule has 0 spiro atoms. The second-order valence-corrected chi connectivity index (χ2v) is 3.14. The molecule has 1 N–H and O–H groups in total. The highest BCUT2D eigenvalue weighted by Crippen LogP contribution is 2.19. The van der Waals surface area contributed by atoms with Gasteiger partial charge < -0.3 is 10.1 Å². The first-order chi connectivity index (χ1) is 6.90. The van der Waals surface area contributed by atoms with Crippen LogP contribution in [0.15, 0.2) is 42.6 Å². The molecule has 1 aromatic rings. The van der Waals surface area contributed by atoms with E-state index < -0.39 is 0 Å². The number of dihydropyridines is 1. The van der Waals surface area contributed by atoms with Crippen LogP contribution in [0.25, 0.3) is 5.57 Å². The molecule has 0 unspecified atom stereocenters. The van der Waals surface area contributed by atoms with E-state index in [2.05, 4.69) is 29.6 Å². The van der Waals surface area contributed by atoms with Crippen molar-refractivity contribution in [3.05, 3.63) is 48.2 Å². The molecule has 1 heterocycles. The van der Waals surface area contributed by atoms with Crippen molar-refractivity contribution in [2.75, 3.05) is 13.7 Å². The maximum absolute atomic E-state index is 5.10. The van der Waals surface area contributed by atoms with Crippen molar-refractivity contribution < 1.29 is 4.74 Å². The van der Waals surface area contributed by atoms with Crippen LogP contribution in [0.4, 0.5) is 0 Å². The van der Waals surface area contributed by atoms with Gasteiger partial charge in [-0.1, -0.05) is 24.3 Å². The van der Waals surface area contributed by atoms with E-state index in [0.29, 0.717) is 0 Å². The highest BCUT2D eigenvalue weighted by molar-refractivity contribution is 5.74. The topological polar surface area (TPSA) is 21.3 Å². The first kappa shape index (κ1) is 8.88. The minimum absolute atomic E-state index is 0.891. The summed E-state index contributed by atoms with van der Waals surface area (Å²) in [4.78, 5) is 0. The van der Waals surface area contributed by atoms with Crippen LogP contribution in [0, 0.1) is 0 Å². The van der Waals surface area contributed by atoms with Crippen LogP contribution in [-0.2, 0) is 0 Å². The van der Waals surface area contributed by atoms with Crippen molar-refractivity contribution in [1.29, 1.82) is 0 Å². The number of methoxy groups -OCH3 is 1. The summed E-state index contributed by atoms with van der Waals surface area (Å²) < 4.78 is 5.10. The normalized spacial score (nSPS) is 14.5. The second kappa shape index (κ2) is 4.01. The monoisotopic (exact) mass is 187 g/mol. The average molecular weight is 187 g/mol. The third-order valence-corrected chi connectivity index (χ3v) is 2.21. The summed E-state index contributed by atoms with van der Waals surface area (Å²) in [5.41, 5.74) is 2.41. The fourth-order valence-corrected chi connectivity index (χ4v) is 1.43. The molecule has 2 heteroatoms. The largest absolute Gasteiger partial charge is 0.497 e. The fourth-order valence-electron chi connectivity index (χ4n) is 1.43. The van der Waals surface area contributed by atoms with Crippen LogP contribution in [-0.4, -0.2) is 13.7 Å². The predicted molar refractivity (Wildman–Crippen MR) is 58.1 cm³/mol. The second-order valence-electron chi connectivity index (χ2n) is 3.14. The Morgan fingerprint density at radius 3 is 2.57 bits per heavy atom. The van der Waals surface area contributed by atoms with Crippen molar-refractivity contribution in [3.63, 3.8) is 0 Å². The molecule has 14 heavy (non-hydrogen) atoms. The Kier molecular flexibility index (Phi) is 2.54. The molecule has 2 nitrogen and oxygen atoms in total. The number of benzene rings is 1. The average Bonchev–Trinajstić information content (AvgIpc) is 2.30. The van der Waals surface area contributed by atoms with Gasteiger partial charge in [0.15, 0.2) is 0 Å². The Balaban J connectivity index is 2.24. The van der Waals surface area contributed by atoms with E-state index in [1.54, 1.807) is 7.11 Å². The zero-order chi connectivity index (χ0) is 9.80. The summed E-state index contributed by atoms with van der Waals surface area (Å²) in [6, 6.07) is 8.06. The molecule has 0 fully saturated rings. The van der Waals surface area contributed by atoms with Crippen LogP contribution in [0.5, 0.6) is 5.75 Å². The summed E-state index contributed by atoms with van der Waals surface area (Å²) in [6.45, 7) is 0.916. The van der Waals surface area contributed by atoms with Gasteiger partial charge in [0.1, 0.15) is 5.75 Å². The summed E-state index contributed by atoms with van der Waals surface area (Å²) in [5.74, 6) is 0.891. The number of hydrogen-bond donors (Lipinski definition) is 1. The molecule has 2 rings (SSSR count). The quantitative estimate of drug-likeness (QED) is 0.766. The molecular formula is C12H13NO. The molecule has 0 saturated carbocycles. The molecule has 0 saturated heterocycles. The van der Waals surface area contributed by atoms with Crippen LogP contribution in [0.3, 0.4) is 0 Å². The van der Waals surface area contributed by atoms with Crippen molar-refractivity contribution in [2.45, 2.75) is 0 Å². The highest BCUT2D eigenvalue weighted by atomic mass is 16.5. The van der Waals surface area contributed by atoms with Crippen LogP contribution < -0.4 is 10.1 Å². The molecule has 0 bridgehead atoms. The standard InChI is InChI=1S/C12H13NO/c1-14-12-6-4-10(5-7-12)11-3-2-8-13-9-11/h2-7,9,13H,8H2,1H3. The smallest absolute Gasteiger partial charge is 0.118 e. The van der Waals surface area contributed by atoms with Gasteiger partial charge in [-0.3, -0.25) is 0 Å². The maximum Gasteiger partial charge on any atom is 0.118 e. The molecular weight excluding hydrogens is 174 g/mol. The van der Waals surface area contributed by atoms with Gasteiger partial charge in [-0.15, -0.1) is 0 Å². The van der Waals surface area contributed by atoms with E-state index in [1.165, 1.54) is 11.1 Å². The molecule has 0 radical (unpaired) electrons. The third-order valence-electron chi connectivity index (χ3n) is 2.21. The minimum Gasteiger partial charge on any atom is -0.497 e. The number of rotatable bonds is 2. The van der Waals surface area contributed by atoms with Gasteiger partial charge in [0, 0.05) is 12.7 Å². The Morgan fingerprint density at radius 1 is 1.21 bits per heavy atom. The molecule has 0 aromatic heterocycles. The van der Waals surface area contributed by atoms with E-state index in [-0.39, 0.29) is 0 Å². The van der Waals surface area contributed by atoms with E-state index in [0.717, 1.165) is 12.3 Å². The molecule has 0 atom stereocenters. The number of ether oxygens (including phenoxy) is 1. The Hall–Kier alpha value is -1.70. The molecule has 0 aliphatic carbocycles. The molecule has 0 amide bonds. The van der Waals surface area contributed by atoms with Gasteiger partial charge in [0.25, 0.3) is 0 Å². The molecule has 1 aliphatic rings. The minimum atomic E-state index is 0.891. The lowest BCUT2D eigenvalue weighted by atomic mass is 10.1. The van der Waals surface area contributed by atoms with Gasteiger partial charge >= 0.3 is 0 Å². The van der Waals surface area contributed by atoms with Gasteiger partial charge in [-0.2, -0.15) is 0 Å². The van der Waals surface area contributed by atoms with Gasteiger partial charge in [-0.25, -0.2) is 0 Å². The first-order valence-electron chi connectivity index (χ1n) is 4.64. The lowest BCUT2D eigenvalue weighted by Gasteiger charge is -2.09. The van der Waals surface area contributed by atoms with Crippen LogP contribution in [0.2, 0.25) is 0 Å². The van der Waals surface area contributed by atoms with Gasteiger partial charge in [0.05, 0.1) is 7.11 Å². The van der Waals surface area contributed by atoms with Crippen molar-refractivity contribution in [1.82, 2.24) is 5.32 Å². The van der Waals surface area contributed by atoms with Crippen molar-refractivity contribution in [2.24, 2.45) is 0 Å². The summed E-state index contributed by atoms with van der Waals surface area (Å²) in [5, 5.41) is 3.18. The van der Waals surface area contributed by atoms with E-state index in [1.807, 2.05) is 18.3 Å². The van der Waals surface area contributed by atoms with Crippen LogP contribution >= 0.6 is 0 Å². The van der Waals surface area contributed by atoms with E-state index in [9.17, 15) is 0 Å². The maximum atomic E-state index is 5.10. The lowest BCUT2D eigenvalue weighted by Crippen LogP contribution is -2.08. The third kappa shape index (κ3) is 1.79. The number of nitrogens with one attached hydrogen (secondary N) is 1. The fraction of sp³-hybridized carbons (Fsp3) is 0.167. The summed E-state index contributed by atoms with van der Waals surface area (Å²) >= 11 is 0. The molecule has 72 valence electrons. The Bertz CT molecular complexity index is 362. The van der Waals surface area contributed by atoms with Gasteiger partial charge in [-0.05, 0) is 23.3 Å². The predicted octanol–water partition coefficient (Wildman–Crippen LogP) is 2.20. The molecule has 1 aliphatic heterocycles. The van der Waals surface area contributed by atoms with E-state index in [4.69, 9.17) is 4.74 Å². The number of allylic oxidation sites excluding steroid dienone is 2. The Morgan fingerprint density at radius 2 is 2.00 bits per heavy atom. The van der Waals surface area contributed by atoms with Gasteiger partial charge in [0.2, 0.25) is 0 Å². The van der Waals surface area contributed by atoms with Crippen LogP contribution in [0.1, 0.15) is 5.56 Å².